The average molecular weight is 1130 g/mol. The van der Waals surface area contributed by atoms with Crippen molar-refractivity contribution in [1.82, 2.24) is 34.6 Å². The summed E-state index contributed by atoms with van der Waals surface area (Å²) >= 11 is 0. The van der Waals surface area contributed by atoms with E-state index in [0.29, 0.717) is 66.1 Å². The van der Waals surface area contributed by atoms with Gasteiger partial charge >= 0.3 is 0 Å². The fourth-order valence-electron chi connectivity index (χ4n) is 10.9. The minimum Gasteiger partial charge on any atom is -0.497 e. The van der Waals surface area contributed by atoms with Crippen molar-refractivity contribution in [2.75, 3.05) is 71.8 Å². The molecule has 4 N–H and O–H groups in total. The first-order valence-electron chi connectivity index (χ1n) is 29.1. The second-order valence-electron chi connectivity index (χ2n) is 21.5. The minimum absolute atomic E-state index is 0.0879. The monoisotopic (exact) mass is 1130 g/mol. The number of aromatic nitrogens is 4. The number of H-pyrrole nitrogens is 2. The number of methoxy groups -OCH3 is 2. The van der Waals surface area contributed by atoms with Crippen molar-refractivity contribution in [3.8, 4) is 33.8 Å². The lowest BCUT2D eigenvalue weighted by molar-refractivity contribution is -0.117. The number of fused-ring (bicyclic) bond motifs is 1. The Balaban J connectivity index is 0.000000232. The van der Waals surface area contributed by atoms with E-state index in [2.05, 4.69) is 109 Å². The van der Waals surface area contributed by atoms with E-state index in [1.807, 2.05) is 111 Å². The zero-order valence-corrected chi connectivity index (χ0v) is 51.2. The number of nitrogens with zero attached hydrogens (tertiary/aromatic N) is 4. The number of carbonyl (C=O) groups is 2. The predicted octanol–water partition coefficient (Wildman–Crippen LogP) is 11.2. The highest BCUT2D eigenvalue weighted by atomic mass is 16.5. The van der Waals surface area contributed by atoms with Crippen LogP contribution >= 0.6 is 0 Å². The molecule has 9 rings (SSSR count). The molecule has 442 valence electrons. The largest absolute Gasteiger partial charge is 0.497 e. The van der Waals surface area contributed by atoms with Crippen LogP contribution in [0.2, 0.25) is 0 Å². The van der Waals surface area contributed by atoms with Crippen LogP contribution in [0, 0.1) is 34.6 Å². The van der Waals surface area contributed by atoms with E-state index < -0.39 is 0 Å². The maximum atomic E-state index is 13.6. The number of pyridine rings is 3. The third-order valence-electron chi connectivity index (χ3n) is 15.5. The van der Waals surface area contributed by atoms with E-state index in [1.54, 1.807) is 14.2 Å². The highest BCUT2D eigenvalue weighted by Crippen LogP contribution is 2.35. The van der Waals surface area contributed by atoms with Crippen molar-refractivity contribution in [1.29, 1.82) is 0 Å². The molecule has 0 spiro atoms. The Labute approximate surface area is 489 Å². The Kier molecular flexibility index (Phi) is 21.8. The Hall–Kier alpha value is -7.92. The smallest absolute Gasteiger partial charge is 0.253 e. The standard InChI is InChI=1S/C33H40N4O3.C32H40N4O5.C2H6/c1-20(2)25-7-9-26(10-8-25)27-16-28-17-29(32(38)34-18-30-21(3)15-22(4)35-33(30)39)23(5)31(37(28)19-27)24(6)36-11-13-40-14-12-36;1-7-8-21(2)29(31(37)33-19-30-22(3)13-23(4)34-32(30)38)17-26-14-25(20-36(26)35-9-11-41-12-10-35)24-15-27(39-5)18-28(16-24)40-6;1-2/h7-10,15-17,19-20,24H,11-14,18H2,1-6H3,(H,34,38)(H,35,39);8,13-18,20H,7,9-12,19H2,1-6H3,(H,33,37)(H,34,38);1-2H3/b;21-8+,29-17+;. The first-order chi connectivity index (χ1) is 39.9. The molecule has 7 aromatic rings. The number of aromatic amines is 2. The van der Waals surface area contributed by atoms with Gasteiger partial charge in [-0.3, -0.25) is 28.8 Å². The van der Waals surface area contributed by atoms with Gasteiger partial charge in [-0.25, -0.2) is 0 Å². The lowest BCUT2D eigenvalue weighted by Crippen LogP contribution is -2.44. The van der Waals surface area contributed by atoms with E-state index >= 15 is 0 Å². The maximum absolute atomic E-state index is 13.6. The zero-order chi connectivity index (χ0) is 60.1. The molecule has 2 saturated heterocycles. The molecule has 2 amide bonds. The van der Waals surface area contributed by atoms with Crippen molar-refractivity contribution in [3.63, 3.8) is 0 Å². The molecule has 2 fully saturated rings. The van der Waals surface area contributed by atoms with Gasteiger partial charge in [0.2, 0.25) is 0 Å². The van der Waals surface area contributed by atoms with Gasteiger partial charge in [0.15, 0.2) is 0 Å². The molecule has 0 radical (unpaired) electrons. The van der Waals surface area contributed by atoms with Gasteiger partial charge in [-0.1, -0.05) is 65.0 Å². The Morgan fingerprint density at radius 1 is 0.687 bits per heavy atom. The summed E-state index contributed by atoms with van der Waals surface area (Å²) in [4.78, 5) is 60.5. The first kappa shape index (κ1) is 62.7. The number of benzene rings is 2. The third-order valence-corrected chi connectivity index (χ3v) is 15.5. The Morgan fingerprint density at radius 3 is 1.78 bits per heavy atom. The van der Waals surface area contributed by atoms with Crippen LogP contribution in [0.3, 0.4) is 0 Å². The number of morpholine rings is 2. The number of nitrogens with one attached hydrogen (secondary N) is 4. The molecular formula is C67H86N8O8. The number of ether oxygens (including phenoxy) is 4. The van der Waals surface area contributed by atoms with Crippen LogP contribution in [0.1, 0.15) is 133 Å². The Bertz CT molecular complexity index is 3550. The normalized spacial score (nSPS) is 14.4. The predicted molar refractivity (Wildman–Crippen MR) is 334 cm³/mol. The van der Waals surface area contributed by atoms with Crippen molar-refractivity contribution in [3.05, 3.63) is 185 Å². The number of rotatable bonds is 17. The van der Waals surface area contributed by atoms with Crippen LogP contribution in [-0.4, -0.2) is 103 Å². The van der Waals surface area contributed by atoms with Crippen LogP contribution in [0.4, 0.5) is 0 Å². The zero-order valence-electron chi connectivity index (χ0n) is 51.2. The van der Waals surface area contributed by atoms with E-state index in [1.165, 1.54) is 5.56 Å². The summed E-state index contributed by atoms with van der Waals surface area (Å²) in [6.45, 7) is 30.2. The second-order valence-corrected chi connectivity index (χ2v) is 21.5. The van der Waals surface area contributed by atoms with Crippen molar-refractivity contribution in [2.24, 2.45) is 0 Å². The van der Waals surface area contributed by atoms with Crippen LogP contribution < -0.4 is 36.2 Å². The topological polar surface area (TPSA) is 177 Å². The van der Waals surface area contributed by atoms with Crippen LogP contribution in [0.25, 0.3) is 33.8 Å². The molecule has 2 aliphatic rings. The molecule has 2 aliphatic heterocycles. The second kappa shape index (κ2) is 28.9. The van der Waals surface area contributed by atoms with Gasteiger partial charge in [0, 0.05) is 107 Å². The number of allylic oxidation sites excluding steroid dienone is 1. The summed E-state index contributed by atoms with van der Waals surface area (Å²) in [5.74, 6) is 1.44. The molecule has 1 atom stereocenters. The van der Waals surface area contributed by atoms with Crippen LogP contribution in [-0.2, 0) is 27.4 Å². The average Bonchev–Trinajstić information content (AvgIpc) is 4.13. The van der Waals surface area contributed by atoms with Gasteiger partial charge in [0.1, 0.15) is 11.5 Å². The summed E-state index contributed by atoms with van der Waals surface area (Å²) < 4.78 is 26.5. The fraction of sp³-hybridized carbons (Fsp3) is 0.403. The van der Waals surface area contributed by atoms with Crippen LogP contribution in [0.5, 0.6) is 11.5 Å². The molecule has 2 aromatic carbocycles. The fourth-order valence-corrected chi connectivity index (χ4v) is 10.9. The van der Waals surface area contributed by atoms with Gasteiger partial charge in [-0.05, 0) is 148 Å². The third kappa shape index (κ3) is 15.2. The van der Waals surface area contributed by atoms with Crippen molar-refractivity contribution >= 4 is 23.4 Å². The molecule has 83 heavy (non-hydrogen) atoms. The molecule has 1 unspecified atom stereocenters. The number of hydrogen-bond acceptors (Lipinski definition) is 10. The Morgan fingerprint density at radius 2 is 1.24 bits per heavy atom. The van der Waals surface area contributed by atoms with E-state index in [4.69, 9.17) is 18.9 Å². The molecule has 16 nitrogen and oxygen atoms in total. The molecule has 0 bridgehead atoms. The number of carbonyl (C=O) groups excluding carboxylic acids is 2. The van der Waals surface area contributed by atoms with Gasteiger partial charge in [-0.15, -0.1) is 0 Å². The maximum Gasteiger partial charge on any atom is 0.253 e. The van der Waals surface area contributed by atoms with Gasteiger partial charge < -0.3 is 49.0 Å². The molecule has 16 heteroatoms. The molecule has 7 heterocycles. The first-order valence-corrected chi connectivity index (χ1v) is 29.1. The SMILES string of the molecule is CC.CC/C=C(C)/C(=C\c1cc(-c2cc(OC)cc(OC)c2)cn1N1CCOCC1)C(=O)NCc1c(C)cc(C)[nH]c1=O.Cc1cc(C)c(CNC(=O)c2cc3cc(-c4ccc(C(C)C)cc4)cn3c(C(C)N3CCOCC3)c2C)c(=O)[nH]1. The quantitative estimate of drug-likeness (QED) is 0.0507. The van der Waals surface area contributed by atoms with E-state index in [-0.39, 0.29) is 42.1 Å². The van der Waals surface area contributed by atoms with Crippen molar-refractivity contribution < 1.29 is 28.5 Å². The summed E-state index contributed by atoms with van der Waals surface area (Å²) in [7, 11) is 3.26. The van der Waals surface area contributed by atoms with E-state index in [9.17, 15) is 19.2 Å². The molecule has 0 saturated carbocycles. The lowest BCUT2D eigenvalue weighted by atomic mass is 10.00. The number of aryl methyl sites for hydroxylation is 4. The molecule has 5 aromatic heterocycles. The minimum atomic E-state index is -0.245. The lowest BCUT2D eigenvalue weighted by Gasteiger charge is -2.34. The number of hydrogen-bond donors (Lipinski definition) is 4. The molecular weight excluding hydrogens is 1040 g/mol. The summed E-state index contributed by atoms with van der Waals surface area (Å²) in [5.41, 5.74) is 15.4. The van der Waals surface area contributed by atoms with Crippen LogP contribution in [0.15, 0.2) is 112 Å². The van der Waals surface area contributed by atoms with Gasteiger partial charge in [0.05, 0.1) is 59.4 Å². The van der Waals surface area contributed by atoms with Gasteiger partial charge in [0.25, 0.3) is 22.9 Å². The van der Waals surface area contributed by atoms with Gasteiger partial charge in [-0.2, -0.15) is 0 Å². The van der Waals surface area contributed by atoms with E-state index in [0.717, 1.165) is 105 Å². The number of amides is 2. The van der Waals surface area contributed by atoms with Crippen molar-refractivity contribution in [2.45, 2.75) is 115 Å². The summed E-state index contributed by atoms with van der Waals surface area (Å²) in [6.07, 6.45) is 8.99. The highest BCUT2D eigenvalue weighted by Gasteiger charge is 2.27. The summed E-state index contributed by atoms with van der Waals surface area (Å²) in [6, 6.07) is 24.6. The summed E-state index contributed by atoms with van der Waals surface area (Å²) in [5, 5.41) is 8.21. The highest BCUT2D eigenvalue weighted by molar-refractivity contribution is 6.02. The molecule has 0 aliphatic carbocycles.